The molecule has 14 heavy (non-hydrogen) atoms. The van der Waals surface area contributed by atoms with Gasteiger partial charge in [0.1, 0.15) is 6.10 Å². The fourth-order valence-corrected chi connectivity index (χ4v) is 2.79. The number of ether oxygens (including phenoxy) is 1. The van der Waals surface area contributed by atoms with E-state index in [2.05, 4.69) is 15.9 Å². The van der Waals surface area contributed by atoms with Crippen LogP contribution in [0.15, 0.2) is 15.9 Å². The molecule has 0 N–H and O–H groups in total. The third-order valence-corrected chi connectivity index (χ3v) is 3.82. The van der Waals surface area contributed by atoms with Gasteiger partial charge in [0.2, 0.25) is 5.78 Å². The molecule has 0 saturated heterocycles. The molecule has 0 aliphatic heterocycles. The molecule has 0 aliphatic rings. The summed E-state index contributed by atoms with van der Waals surface area (Å²) < 4.78 is 6.03. The maximum atomic E-state index is 11.9. The van der Waals surface area contributed by atoms with E-state index >= 15 is 0 Å². The van der Waals surface area contributed by atoms with Gasteiger partial charge in [-0.05, 0) is 33.8 Å². The molecule has 0 saturated carbocycles. The number of Topliss-reactive ketones (excluding diaryl/α,β-unsaturated/α-hetero) is 1. The second-order valence-electron chi connectivity index (χ2n) is 2.97. The van der Waals surface area contributed by atoms with Crippen molar-refractivity contribution in [3.63, 3.8) is 0 Å². The molecule has 1 aromatic rings. The summed E-state index contributed by atoms with van der Waals surface area (Å²) in [7, 11) is 1.58. The Balaban J connectivity index is 2.78. The van der Waals surface area contributed by atoms with Crippen LogP contribution in [0.25, 0.3) is 0 Å². The number of carbonyl (C=O) groups is 1. The minimum atomic E-state index is -0.296. The van der Waals surface area contributed by atoms with Gasteiger partial charge < -0.3 is 4.74 Å². The van der Waals surface area contributed by atoms with Gasteiger partial charge in [-0.1, -0.05) is 13.3 Å². The van der Waals surface area contributed by atoms with Crippen LogP contribution in [0.4, 0.5) is 0 Å². The summed E-state index contributed by atoms with van der Waals surface area (Å²) in [6, 6.07) is 1.89. The highest BCUT2D eigenvalue weighted by molar-refractivity contribution is 9.10. The first-order chi connectivity index (χ1) is 6.70. The molecule has 1 atom stereocenters. The summed E-state index contributed by atoms with van der Waals surface area (Å²) in [6.07, 6.45) is 1.43. The summed E-state index contributed by atoms with van der Waals surface area (Å²) in [4.78, 5) is 12.7. The summed E-state index contributed by atoms with van der Waals surface area (Å²) >= 11 is 4.80. The number of methoxy groups -OCH3 is 1. The number of hydrogen-bond donors (Lipinski definition) is 0. The average Bonchev–Trinajstić information content (AvgIpc) is 2.59. The van der Waals surface area contributed by atoms with E-state index in [1.165, 1.54) is 11.3 Å². The molecule has 78 valence electrons. The Morgan fingerprint density at radius 2 is 2.43 bits per heavy atom. The fourth-order valence-electron chi connectivity index (χ4n) is 1.23. The van der Waals surface area contributed by atoms with Gasteiger partial charge >= 0.3 is 0 Å². The molecular weight excluding hydrogens is 264 g/mol. The molecule has 0 amide bonds. The van der Waals surface area contributed by atoms with Crippen LogP contribution >= 0.6 is 27.3 Å². The second-order valence-corrected chi connectivity index (χ2v) is 4.75. The van der Waals surface area contributed by atoms with Crippen LogP contribution in [0.2, 0.25) is 0 Å². The largest absolute Gasteiger partial charge is 0.373 e. The quantitative estimate of drug-likeness (QED) is 0.770. The van der Waals surface area contributed by atoms with Crippen molar-refractivity contribution < 1.29 is 9.53 Å². The normalized spacial score (nSPS) is 12.8. The van der Waals surface area contributed by atoms with Gasteiger partial charge in [0.05, 0.1) is 4.88 Å². The van der Waals surface area contributed by atoms with Crippen molar-refractivity contribution in [2.75, 3.05) is 7.11 Å². The van der Waals surface area contributed by atoms with E-state index in [0.717, 1.165) is 22.2 Å². The highest BCUT2D eigenvalue weighted by atomic mass is 79.9. The molecule has 0 radical (unpaired) electrons. The Bertz CT molecular complexity index is 309. The zero-order chi connectivity index (χ0) is 10.6. The van der Waals surface area contributed by atoms with Crippen molar-refractivity contribution in [3.8, 4) is 0 Å². The van der Waals surface area contributed by atoms with Gasteiger partial charge in [0.25, 0.3) is 0 Å². The molecule has 4 heteroatoms. The van der Waals surface area contributed by atoms with Gasteiger partial charge in [-0.2, -0.15) is 0 Å². The number of halogens is 1. The maximum absolute atomic E-state index is 11.9. The van der Waals surface area contributed by atoms with Gasteiger partial charge in [-0.3, -0.25) is 4.79 Å². The Hall–Kier alpha value is -0.190. The minimum absolute atomic E-state index is 0.0798. The first kappa shape index (κ1) is 11.9. The number of rotatable bonds is 5. The minimum Gasteiger partial charge on any atom is -0.373 e. The molecule has 0 aromatic carbocycles. The summed E-state index contributed by atoms with van der Waals surface area (Å²) in [5.41, 5.74) is 0. The van der Waals surface area contributed by atoms with E-state index < -0.39 is 0 Å². The van der Waals surface area contributed by atoms with Crippen LogP contribution < -0.4 is 0 Å². The van der Waals surface area contributed by atoms with Gasteiger partial charge in [-0.25, -0.2) is 0 Å². The summed E-state index contributed by atoms with van der Waals surface area (Å²) in [5, 5.41) is 1.90. The van der Waals surface area contributed by atoms with Crippen LogP contribution in [-0.4, -0.2) is 19.0 Å². The molecule has 0 aliphatic carbocycles. The molecule has 1 rings (SSSR count). The first-order valence-corrected chi connectivity index (χ1v) is 6.18. The van der Waals surface area contributed by atoms with Crippen molar-refractivity contribution in [2.24, 2.45) is 0 Å². The Morgan fingerprint density at radius 1 is 1.71 bits per heavy atom. The predicted molar refractivity (Wildman–Crippen MR) is 62.1 cm³/mol. The van der Waals surface area contributed by atoms with E-state index in [4.69, 9.17) is 4.74 Å². The van der Waals surface area contributed by atoms with Crippen LogP contribution in [0.3, 0.4) is 0 Å². The van der Waals surface area contributed by atoms with E-state index in [0.29, 0.717) is 0 Å². The lowest BCUT2D eigenvalue weighted by Crippen LogP contribution is -2.22. The van der Waals surface area contributed by atoms with Crippen molar-refractivity contribution >= 4 is 33.0 Å². The zero-order valence-electron chi connectivity index (χ0n) is 8.25. The molecule has 1 aromatic heterocycles. The fraction of sp³-hybridized carbons (Fsp3) is 0.500. The molecule has 0 spiro atoms. The number of thiophene rings is 1. The van der Waals surface area contributed by atoms with Crippen molar-refractivity contribution in [2.45, 2.75) is 25.9 Å². The van der Waals surface area contributed by atoms with Crippen molar-refractivity contribution in [1.29, 1.82) is 0 Å². The molecule has 1 heterocycles. The number of ketones is 1. The molecular formula is C10H13BrO2S. The Kier molecular flexibility index (Phi) is 4.78. The van der Waals surface area contributed by atoms with Crippen LogP contribution in [0.5, 0.6) is 0 Å². The second kappa shape index (κ2) is 5.63. The Morgan fingerprint density at radius 3 is 2.86 bits per heavy atom. The van der Waals surface area contributed by atoms with E-state index in [-0.39, 0.29) is 11.9 Å². The maximum Gasteiger partial charge on any atom is 0.202 e. The van der Waals surface area contributed by atoms with Crippen molar-refractivity contribution in [3.05, 3.63) is 20.8 Å². The number of carbonyl (C=O) groups excluding carboxylic acids is 1. The lowest BCUT2D eigenvalue weighted by Gasteiger charge is -2.11. The van der Waals surface area contributed by atoms with Gasteiger partial charge in [0, 0.05) is 11.6 Å². The summed E-state index contributed by atoms with van der Waals surface area (Å²) in [6.45, 7) is 2.04. The monoisotopic (exact) mass is 276 g/mol. The zero-order valence-corrected chi connectivity index (χ0v) is 10.7. The molecule has 0 fully saturated rings. The smallest absolute Gasteiger partial charge is 0.202 e. The predicted octanol–water partition coefficient (Wildman–Crippen LogP) is 3.51. The van der Waals surface area contributed by atoms with E-state index in [1.54, 1.807) is 7.11 Å². The van der Waals surface area contributed by atoms with E-state index in [9.17, 15) is 4.79 Å². The van der Waals surface area contributed by atoms with Crippen LogP contribution in [0, 0.1) is 0 Å². The van der Waals surface area contributed by atoms with E-state index in [1.807, 2.05) is 18.4 Å². The Labute approximate surface area is 96.4 Å². The highest BCUT2D eigenvalue weighted by Gasteiger charge is 2.21. The molecule has 1 unspecified atom stereocenters. The van der Waals surface area contributed by atoms with Gasteiger partial charge in [-0.15, -0.1) is 11.3 Å². The standard InChI is InChI=1S/C10H13BrO2S/c1-3-4-8(13-2)9(12)10-7(11)5-6-14-10/h5-6,8H,3-4H2,1-2H3. The lowest BCUT2D eigenvalue weighted by atomic mass is 10.1. The van der Waals surface area contributed by atoms with Crippen LogP contribution in [-0.2, 0) is 4.74 Å². The first-order valence-electron chi connectivity index (χ1n) is 4.50. The third-order valence-electron chi connectivity index (χ3n) is 1.97. The number of hydrogen-bond acceptors (Lipinski definition) is 3. The SMILES string of the molecule is CCCC(OC)C(=O)c1sccc1Br. The van der Waals surface area contributed by atoms with Crippen LogP contribution in [0.1, 0.15) is 29.4 Å². The third kappa shape index (κ3) is 2.65. The highest BCUT2D eigenvalue weighted by Crippen LogP contribution is 2.25. The van der Waals surface area contributed by atoms with Crippen molar-refractivity contribution in [1.82, 2.24) is 0 Å². The average molecular weight is 277 g/mol. The lowest BCUT2D eigenvalue weighted by molar-refractivity contribution is 0.0582. The summed E-state index contributed by atoms with van der Waals surface area (Å²) in [5.74, 6) is 0.0798. The molecule has 0 bridgehead atoms. The topological polar surface area (TPSA) is 26.3 Å². The molecule has 2 nitrogen and oxygen atoms in total. The van der Waals surface area contributed by atoms with Gasteiger partial charge in [0.15, 0.2) is 0 Å².